The Balaban J connectivity index is 2.58. The first-order chi connectivity index (χ1) is 11.4. The Hall–Kier alpha value is -2.06. The van der Waals surface area contributed by atoms with Crippen LogP contribution in [0, 0.1) is 0 Å². The quantitative estimate of drug-likeness (QED) is 0.579. The number of carbonyl (C=O) groups excluding carboxylic acids is 1. The molecule has 7 heteroatoms. The number of carbonyl (C=O) groups is 1. The van der Waals surface area contributed by atoms with Crippen LogP contribution in [0.1, 0.15) is 22.8 Å². The summed E-state index contributed by atoms with van der Waals surface area (Å²) in [5, 5.41) is 20.3. The highest BCUT2D eigenvalue weighted by atomic mass is 32.2. The van der Waals surface area contributed by atoms with Crippen LogP contribution < -0.4 is 0 Å². The maximum absolute atomic E-state index is 12.8. The van der Waals surface area contributed by atoms with Gasteiger partial charge in [-0.2, -0.15) is 8.42 Å². The van der Waals surface area contributed by atoms with Crippen LogP contribution in [0.2, 0.25) is 0 Å². The van der Waals surface area contributed by atoms with Crippen molar-refractivity contribution >= 4 is 15.9 Å². The molecule has 2 aromatic carbocycles. The van der Waals surface area contributed by atoms with Gasteiger partial charge in [-0.05, 0) is 24.6 Å². The Morgan fingerprint density at radius 3 is 2.25 bits per heavy atom. The first kappa shape index (κ1) is 18.3. The fourth-order valence-corrected chi connectivity index (χ4v) is 3.43. The molecule has 24 heavy (non-hydrogen) atoms. The monoisotopic (exact) mass is 350 g/mol. The van der Waals surface area contributed by atoms with Crippen molar-refractivity contribution in [1.29, 1.82) is 0 Å². The van der Waals surface area contributed by atoms with Crippen molar-refractivity contribution < 1.29 is 27.6 Å². The molecule has 6 nitrogen and oxygen atoms in total. The minimum atomic E-state index is -4.15. The summed E-state index contributed by atoms with van der Waals surface area (Å²) >= 11 is 0. The zero-order valence-corrected chi connectivity index (χ0v) is 13.9. The number of benzene rings is 2. The van der Waals surface area contributed by atoms with Gasteiger partial charge in [0.05, 0.1) is 13.2 Å². The van der Waals surface area contributed by atoms with Gasteiger partial charge in [-0.25, -0.2) is 0 Å². The molecule has 0 radical (unpaired) electrons. The van der Waals surface area contributed by atoms with Gasteiger partial charge in [0, 0.05) is 5.56 Å². The normalized spacial score (nSPS) is 14.1. The second-order valence-electron chi connectivity index (χ2n) is 5.07. The van der Waals surface area contributed by atoms with Crippen LogP contribution in [0.5, 0.6) is 0 Å². The van der Waals surface area contributed by atoms with Crippen molar-refractivity contribution in [3.05, 3.63) is 65.7 Å². The molecule has 0 amide bonds. The van der Waals surface area contributed by atoms with Crippen LogP contribution in [0.25, 0.3) is 0 Å². The lowest BCUT2D eigenvalue weighted by Crippen LogP contribution is -2.40. The maximum atomic E-state index is 12.8. The molecule has 0 aliphatic rings. The van der Waals surface area contributed by atoms with E-state index in [1.807, 2.05) is 0 Å². The summed E-state index contributed by atoms with van der Waals surface area (Å²) in [5.74, 6) is -0.921. The van der Waals surface area contributed by atoms with E-state index in [-0.39, 0.29) is 22.6 Å². The molecule has 0 fully saturated rings. The molecule has 0 saturated carbocycles. The van der Waals surface area contributed by atoms with Crippen molar-refractivity contribution in [2.75, 3.05) is 13.2 Å². The fraction of sp³-hybridized carbons (Fsp3) is 0.235. The zero-order chi connectivity index (χ0) is 17.8. The van der Waals surface area contributed by atoms with E-state index in [1.165, 1.54) is 43.3 Å². The Morgan fingerprint density at radius 1 is 1.08 bits per heavy atom. The first-order valence-electron chi connectivity index (χ1n) is 7.29. The lowest BCUT2D eigenvalue weighted by atomic mass is 9.86. The molecule has 2 N–H and O–H groups in total. The summed E-state index contributed by atoms with van der Waals surface area (Å²) < 4.78 is 29.1. The van der Waals surface area contributed by atoms with Crippen molar-refractivity contribution in [2.24, 2.45) is 0 Å². The summed E-state index contributed by atoms with van der Waals surface area (Å²) in [6, 6.07) is 13.3. The largest absolute Gasteiger partial charge is 0.393 e. The molecule has 0 aromatic heterocycles. The molecule has 1 atom stereocenters. The van der Waals surface area contributed by atoms with Gasteiger partial charge in [-0.3, -0.25) is 8.98 Å². The lowest BCUT2D eigenvalue weighted by molar-refractivity contribution is -0.00428. The molecule has 0 bridgehead atoms. The Labute approximate surface area is 140 Å². The molecule has 0 saturated heterocycles. The number of aliphatic hydroxyl groups excluding tert-OH is 1. The smallest absolute Gasteiger partial charge is 0.297 e. The van der Waals surface area contributed by atoms with Gasteiger partial charge in [-0.1, -0.05) is 42.5 Å². The number of hydrogen-bond donors (Lipinski definition) is 2. The van der Waals surface area contributed by atoms with Gasteiger partial charge in [0.1, 0.15) is 4.90 Å². The summed E-state index contributed by atoms with van der Waals surface area (Å²) in [7, 11) is -4.15. The highest BCUT2D eigenvalue weighted by molar-refractivity contribution is 7.86. The summed E-state index contributed by atoms with van der Waals surface area (Å²) in [6.07, 6.45) is 0. The average molecular weight is 350 g/mol. The highest BCUT2D eigenvalue weighted by Crippen LogP contribution is 2.29. The van der Waals surface area contributed by atoms with Crippen molar-refractivity contribution in [3.8, 4) is 0 Å². The number of ketones is 1. The van der Waals surface area contributed by atoms with Crippen molar-refractivity contribution in [2.45, 2.75) is 17.4 Å². The van der Waals surface area contributed by atoms with E-state index in [2.05, 4.69) is 0 Å². The Bertz CT molecular complexity index is 816. The van der Waals surface area contributed by atoms with Crippen LogP contribution in [-0.4, -0.2) is 37.6 Å². The molecule has 2 aromatic rings. The van der Waals surface area contributed by atoms with Crippen LogP contribution in [0.3, 0.4) is 0 Å². The standard InChI is InChI=1S/C17H18O6S/c1-2-23-24(21,22)15-11-7-6-10-14(15)16(19)17(20,12-18)13-8-4-3-5-9-13/h3-11,18,20H,2,12H2,1H3. The summed E-state index contributed by atoms with van der Waals surface area (Å²) in [4.78, 5) is 12.5. The van der Waals surface area contributed by atoms with Gasteiger partial charge in [-0.15, -0.1) is 0 Å². The molecule has 0 aliphatic heterocycles. The first-order valence-corrected chi connectivity index (χ1v) is 8.69. The number of aliphatic hydroxyl groups is 2. The minimum absolute atomic E-state index is 0.0895. The van der Waals surface area contributed by atoms with Crippen molar-refractivity contribution in [3.63, 3.8) is 0 Å². The van der Waals surface area contributed by atoms with Crippen LogP contribution in [-0.2, 0) is 19.9 Å². The second-order valence-corrected chi connectivity index (χ2v) is 6.65. The van der Waals surface area contributed by atoms with Crippen LogP contribution in [0.15, 0.2) is 59.5 Å². The van der Waals surface area contributed by atoms with Gasteiger partial charge < -0.3 is 10.2 Å². The third-order valence-electron chi connectivity index (χ3n) is 3.53. The molecular weight excluding hydrogens is 332 g/mol. The van der Waals surface area contributed by atoms with Crippen LogP contribution in [0.4, 0.5) is 0 Å². The third-order valence-corrected chi connectivity index (χ3v) is 4.97. The molecular formula is C17H18O6S. The SMILES string of the molecule is CCOS(=O)(=O)c1ccccc1C(=O)C(O)(CO)c1ccccc1. The maximum Gasteiger partial charge on any atom is 0.297 e. The molecule has 0 spiro atoms. The van der Waals surface area contributed by atoms with Crippen LogP contribution >= 0.6 is 0 Å². The Morgan fingerprint density at radius 2 is 1.67 bits per heavy atom. The Kier molecular flexibility index (Phi) is 5.51. The number of Topliss-reactive ketones (excluding diaryl/α,β-unsaturated/α-hetero) is 1. The highest BCUT2D eigenvalue weighted by Gasteiger charge is 2.40. The van der Waals surface area contributed by atoms with E-state index in [1.54, 1.807) is 18.2 Å². The number of hydrogen-bond acceptors (Lipinski definition) is 6. The predicted octanol–water partition coefficient (Wildman–Crippen LogP) is 1.47. The van der Waals surface area contributed by atoms with E-state index in [9.17, 15) is 23.4 Å². The van der Waals surface area contributed by atoms with E-state index in [0.29, 0.717) is 0 Å². The topological polar surface area (TPSA) is 101 Å². The van der Waals surface area contributed by atoms with Gasteiger partial charge in [0.15, 0.2) is 5.60 Å². The number of rotatable bonds is 7. The molecule has 2 rings (SSSR count). The molecule has 1 unspecified atom stereocenters. The van der Waals surface area contributed by atoms with Crippen molar-refractivity contribution in [1.82, 2.24) is 0 Å². The van der Waals surface area contributed by atoms with E-state index >= 15 is 0 Å². The van der Waals surface area contributed by atoms with Gasteiger partial charge in [0.25, 0.3) is 10.1 Å². The second kappa shape index (κ2) is 7.23. The van der Waals surface area contributed by atoms with Gasteiger partial charge >= 0.3 is 0 Å². The average Bonchev–Trinajstić information content (AvgIpc) is 2.61. The zero-order valence-electron chi connectivity index (χ0n) is 13.0. The van der Waals surface area contributed by atoms with E-state index in [0.717, 1.165) is 0 Å². The van der Waals surface area contributed by atoms with Gasteiger partial charge in [0.2, 0.25) is 5.78 Å². The molecule has 0 heterocycles. The fourth-order valence-electron chi connectivity index (χ4n) is 2.32. The lowest BCUT2D eigenvalue weighted by Gasteiger charge is -2.25. The predicted molar refractivity (Wildman–Crippen MR) is 87.0 cm³/mol. The van der Waals surface area contributed by atoms with E-state index in [4.69, 9.17) is 4.18 Å². The summed E-state index contributed by atoms with van der Waals surface area (Å²) in [5.41, 5.74) is -2.33. The molecule has 0 aliphatic carbocycles. The minimum Gasteiger partial charge on any atom is -0.393 e. The third kappa shape index (κ3) is 3.39. The summed E-state index contributed by atoms with van der Waals surface area (Å²) in [6.45, 7) is 0.530. The van der Waals surface area contributed by atoms with E-state index < -0.39 is 28.1 Å². The molecule has 128 valence electrons.